The molecule has 1 aliphatic heterocycles. The van der Waals surface area contributed by atoms with Crippen LogP contribution in [0.4, 0.5) is 5.69 Å². The van der Waals surface area contributed by atoms with Gasteiger partial charge in [0.15, 0.2) is 0 Å². The molecule has 8 heteroatoms. The van der Waals surface area contributed by atoms with Gasteiger partial charge in [-0.1, -0.05) is 0 Å². The molecule has 7 nitrogen and oxygen atoms in total. The third-order valence-electron chi connectivity index (χ3n) is 4.08. The molecule has 0 bridgehead atoms. The number of sulfonamides is 1. The molecular formula is C14H19N5O2S. The lowest BCUT2D eigenvalue weighted by atomic mass is 9.97. The molecule has 0 amide bonds. The van der Waals surface area contributed by atoms with Gasteiger partial charge in [0.05, 0.1) is 4.90 Å². The van der Waals surface area contributed by atoms with E-state index in [4.69, 9.17) is 5.73 Å². The molecule has 1 aromatic heterocycles. The number of nitrogens with zero attached hydrogens (tertiary/aromatic N) is 4. The number of benzene rings is 1. The summed E-state index contributed by atoms with van der Waals surface area (Å²) < 4.78 is 28.7. The zero-order valence-corrected chi connectivity index (χ0v) is 13.2. The van der Waals surface area contributed by atoms with Crippen LogP contribution in [0.3, 0.4) is 0 Å². The van der Waals surface area contributed by atoms with Gasteiger partial charge in [-0.25, -0.2) is 8.42 Å². The van der Waals surface area contributed by atoms with Crippen molar-refractivity contribution in [1.29, 1.82) is 0 Å². The van der Waals surface area contributed by atoms with Crippen molar-refractivity contribution in [1.82, 2.24) is 19.1 Å². The van der Waals surface area contributed by atoms with Gasteiger partial charge in [0.25, 0.3) is 0 Å². The lowest BCUT2D eigenvalue weighted by Gasteiger charge is -2.30. The number of nitrogens with two attached hydrogens (primary N) is 1. The molecule has 2 N–H and O–H groups in total. The molecule has 1 saturated heterocycles. The molecule has 1 fully saturated rings. The number of aromatic nitrogens is 3. The normalized spacial score (nSPS) is 17.7. The highest BCUT2D eigenvalue weighted by atomic mass is 32.2. The molecule has 22 heavy (non-hydrogen) atoms. The molecule has 3 rings (SSSR count). The summed E-state index contributed by atoms with van der Waals surface area (Å²) in [4.78, 5) is 0.291. The van der Waals surface area contributed by atoms with Crippen molar-refractivity contribution in [3.8, 4) is 0 Å². The van der Waals surface area contributed by atoms with Crippen molar-refractivity contribution in [3.63, 3.8) is 0 Å². The van der Waals surface area contributed by atoms with Crippen LogP contribution in [0.25, 0.3) is 0 Å². The summed E-state index contributed by atoms with van der Waals surface area (Å²) in [5.74, 6) is 1.18. The van der Waals surface area contributed by atoms with E-state index < -0.39 is 10.0 Å². The van der Waals surface area contributed by atoms with E-state index in [9.17, 15) is 8.42 Å². The lowest BCUT2D eigenvalue weighted by Crippen LogP contribution is -2.38. The highest BCUT2D eigenvalue weighted by Crippen LogP contribution is 2.29. The van der Waals surface area contributed by atoms with E-state index >= 15 is 0 Å². The van der Waals surface area contributed by atoms with Crippen LogP contribution in [0, 0.1) is 0 Å². The van der Waals surface area contributed by atoms with Gasteiger partial charge in [-0.2, -0.15) is 4.31 Å². The van der Waals surface area contributed by atoms with Crippen LogP contribution in [0.5, 0.6) is 0 Å². The molecule has 1 aliphatic rings. The molecule has 0 saturated carbocycles. The van der Waals surface area contributed by atoms with Gasteiger partial charge < -0.3 is 10.3 Å². The molecule has 2 aromatic rings. The van der Waals surface area contributed by atoms with E-state index in [-0.39, 0.29) is 5.92 Å². The van der Waals surface area contributed by atoms with Crippen molar-refractivity contribution >= 4 is 15.7 Å². The fourth-order valence-electron chi connectivity index (χ4n) is 2.80. The first-order chi connectivity index (χ1) is 10.5. The van der Waals surface area contributed by atoms with E-state index in [0.29, 0.717) is 23.7 Å². The van der Waals surface area contributed by atoms with Gasteiger partial charge in [-0.15, -0.1) is 10.2 Å². The monoisotopic (exact) mass is 321 g/mol. The SMILES string of the molecule is Cn1cnnc1C1CCN(S(=O)(=O)c2ccc(N)cc2)CC1. The molecule has 0 aliphatic carbocycles. The van der Waals surface area contributed by atoms with E-state index in [1.807, 2.05) is 11.6 Å². The minimum atomic E-state index is -3.45. The maximum Gasteiger partial charge on any atom is 0.243 e. The van der Waals surface area contributed by atoms with Gasteiger partial charge in [0.2, 0.25) is 10.0 Å². The number of hydrogen-bond acceptors (Lipinski definition) is 5. The minimum Gasteiger partial charge on any atom is -0.399 e. The number of nitrogen functional groups attached to an aromatic ring is 1. The lowest BCUT2D eigenvalue weighted by molar-refractivity contribution is 0.310. The molecule has 2 heterocycles. The molecule has 0 radical (unpaired) electrons. The summed E-state index contributed by atoms with van der Waals surface area (Å²) in [6.45, 7) is 0.981. The van der Waals surface area contributed by atoms with Crippen molar-refractivity contribution in [2.75, 3.05) is 18.8 Å². The average Bonchev–Trinajstić information content (AvgIpc) is 2.94. The van der Waals surface area contributed by atoms with E-state index in [0.717, 1.165) is 18.7 Å². The Kier molecular flexibility index (Phi) is 3.88. The highest BCUT2D eigenvalue weighted by molar-refractivity contribution is 7.89. The first-order valence-corrected chi connectivity index (χ1v) is 8.62. The fourth-order valence-corrected chi connectivity index (χ4v) is 4.27. The van der Waals surface area contributed by atoms with Gasteiger partial charge >= 0.3 is 0 Å². The Hall–Kier alpha value is -1.93. The Morgan fingerprint density at radius 2 is 1.82 bits per heavy atom. The predicted molar refractivity (Wildman–Crippen MR) is 82.6 cm³/mol. The Morgan fingerprint density at radius 3 is 2.36 bits per heavy atom. The first kappa shape index (κ1) is 15.0. The number of aryl methyl sites for hydroxylation is 1. The summed E-state index contributed by atoms with van der Waals surface area (Å²) in [5, 5.41) is 8.02. The summed E-state index contributed by atoms with van der Waals surface area (Å²) >= 11 is 0. The van der Waals surface area contributed by atoms with Crippen molar-refractivity contribution in [2.24, 2.45) is 7.05 Å². The van der Waals surface area contributed by atoms with Crippen LogP contribution in [-0.4, -0.2) is 40.6 Å². The summed E-state index contributed by atoms with van der Waals surface area (Å²) in [7, 11) is -1.54. The second-order valence-corrected chi connectivity index (χ2v) is 7.49. The second-order valence-electron chi connectivity index (χ2n) is 5.55. The maximum absolute atomic E-state index is 12.6. The van der Waals surface area contributed by atoms with E-state index in [1.165, 1.54) is 4.31 Å². The van der Waals surface area contributed by atoms with Crippen LogP contribution in [-0.2, 0) is 17.1 Å². The standard InChI is InChI=1S/C14H19N5O2S/c1-18-10-16-17-14(18)11-6-8-19(9-7-11)22(20,21)13-4-2-12(15)3-5-13/h2-5,10-11H,6-9,15H2,1H3. The molecule has 0 atom stereocenters. The van der Waals surface area contributed by atoms with Crippen LogP contribution >= 0.6 is 0 Å². The summed E-state index contributed by atoms with van der Waals surface area (Å²) in [6, 6.07) is 6.33. The molecular weight excluding hydrogens is 302 g/mol. The average molecular weight is 321 g/mol. The Morgan fingerprint density at radius 1 is 1.18 bits per heavy atom. The first-order valence-electron chi connectivity index (χ1n) is 7.18. The van der Waals surface area contributed by atoms with Crippen LogP contribution in [0.1, 0.15) is 24.6 Å². The van der Waals surface area contributed by atoms with Gasteiger partial charge in [0, 0.05) is 31.7 Å². The summed E-state index contributed by atoms with van der Waals surface area (Å²) in [6.07, 6.45) is 3.17. The van der Waals surface area contributed by atoms with Gasteiger partial charge in [-0.05, 0) is 37.1 Å². The topological polar surface area (TPSA) is 94.1 Å². The van der Waals surface area contributed by atoms with Crippen LogP contribution in [0.2, 0.25) is 0 Å². The third kappa shape index (κ3) is 2.71. The highest BCUT2D eigenvalue weighted by Gasteiger charge is 2.31. The number of anilines is 1. The second kappa shape index (κ2) is 5.69. The van der Waals surface area contributed by atoms with Crippen molar-refractivity contribution in [3.05, 3.63) is 36.4 Å². The van der Waals surface area contributed by atoms with Gasteiger partial charge in [0.1, 0.15) is 12.2 Å². The fraction of sp³-hybridized carbons (Fsp3) is 0.429. The van der Waals surface area contributed by atoms with Crippen molar-refractivity contribution < 1.29 is 8.42 Å². The smallest absolute Gasteiger partial charge is 0.243 e. The summed E-state index contributed by atoms with van der Waals surface area (Å²) in [5.41, 5.74) is 6.17. The number of hydrogen-bond donors (Lipinski definition) is 1. The van der Waals surface area contributed by atoms with Crippen LogP contribution < -0.4 is 5.73 Å². The predicted octanol–water partition coefficient (Wildman–Crippen LogP) is 0.966. The van der Waals surface area contributed by atoms with E-state index in [2.05, 4.69) is 10.2 Å². The zero-order chi connectivity index (χ0) is 15.7. The van der Waals surface area contributed by atoms with Crippen molar-refractivity contribution in [2.45, 2.75) is 23.7 Å². The molecule has 1 aromatic carbocycles. The van der Waals surface area contributed by atoms with E-state index in [1.54, 1.807) is 30.6 Å². The Labute approximate surface area is 129 Å². The number of piperidine rings is 1. The largest absolute Gasteiger partial charge is 0.399 e. The maximum atomic E-state index is 12.6. The van der Waals surface area contributed by atoms with Crippen LogP contribution in [0.15, 0.2) is 35.5 Å². The molecule has 0 spiro atoms. The number of rotatable bonds is 3. The minimum absolute atomic E-state index is 0.255. The Bertz CT molecular complexity index is 746. The third-order valence-corrected chi connectivity index (χ3v) is 6.00. The zero-order valence-electron chi connectivity index (χ0n) is 12.4. The van der Waals surface area contributed by atoms with Gasteiger partial charge in [-0.3, -0.25) is 0 Å². The molecule has 118 valence electrons. The Balaban J connectivity index is 1.73. The molecule has 0 unspecified atom stereocenters. The quantitative estimate of drug-likeness (QED) is 0.850.